The van der Waals surface area contributed by atoms with Gasteiger partial charge in [-0.1, -0.05) is 6.08 Å². The van der Waals surface area contributed by atoms with Crippen LogP contribution >= 0.6 is 0 Å². The second kappa shape index (κ2) is 4.12. The molecule has 56 valence electrons. The Hall–Kier alpha value is -0.760. The van der Waals surface area contributed by atoms with E-state index in [1.165, 1.54) is 0 Å². The lowest BCUT2D eigenvalue weighted by Gasteiger charge is -1.94. The molecule has 1 rings (SSSR count). The third-order valence-corrected chi connectivity index (χ3v) is 1.35. The average molecular weight is 139 g/mol. The highest BCUT2D eigenvalue weighted by Gasteiger charge is 1.98. The Morgan fingerprint density at radius 1 is 1.70 bits per heavy atom. The number of nitrogens with two attached hydrogens (primary N) is 1. The van der Waals surface area contributed by atoms with Gasteiger partial charge in [0.05, 0.1) is 6.61 Å². The van der Waals surface area contributed by atoms with Crippen molar-refractivity contribution in [3.05, 3.63) is 24.0 Å². The minimum absolute atomic E-state index is 0.712. The molecule has 0 aromatic carbocycles. The first kappa shape index (κ1) is 7.35. The highest BCUT2D eigenvalue weighted by atomic mass is 16.5. The number of ether oxygens (including phenoxy) is 1. The van der Waals surface area contributed by atoms with E-state index in [-0.39, 0.29) is 0 Å². The topological polar surface area (TPSA) is 35.2 Å². The lowest BCUT2D eigenvalue weighted by molar-refractivity contribution is 0.257. The lowest BCUT2D eigenvalue weighted by Crippen LogP contribution is -1.95. The quantitative estimate of drug-likeness (QED) is 0.637. The third kappa shape index (κ3) is 2.23. The zero-order chi connectivity index (χ0) is 7.23. The van der Waals surface area contributed by atoms with Crippen LogP contribution in [0.2, 0.25) is 0 Å². The molecule has 2 N–H and O–H groups in total. The van der Waals surface area contributed by atoms with Crippen LogP contribution in [-0.4, -0.2) is 13.2 Å². The van der Waals surface area contributed by atoms with Crippen molar-refractivity contribution in [2.45, 2.75) is 12.8 Å². The maximum Gasteiger partial charge on any atom is 0.115 e. The van der Waals surface area contributed by atoms with E-state index in [4.69, 9.17) is 10.5 Å². The van der Waals surface area contributed by atoms with Gasteiger partial charge in [0.2, 0.25) is 0 Å². The molecular formula is C8H13NO. The zero-order valence-electron chi connectivity index (χ0n) is 6.05. The van der Waals surface area contributed by atoms with E-state index in [2.05, 4.69) is 6.08 Å². The summed E-state index contributed by atoms with van der Waals surface area (Å²) in [5.74, 6) is 0.994. The summed E-state index contributed by atoms with van der Waals surface area (Å²) in [5, 5.41) is 0. The first-order chi connectivity index (χ1) is 4.93. The molecule has 10 heavy (non-hydrogen) atoms. The van der Waals surface area contributed by atoms with E-state index in [0.717, 1.165) is 25.2 Å². The highest BCUT2D eigenvalue weighted by molar-refractivity contribution is 5.14. The molecule has 0 amide bonds. The van der Waals surface area contributed by atoms with Gasteiger partial charge < -0.3 is 10.5 Å². The van der Waals surface area contributed by atoms with Crippen LogP contribution in [0.25, 0.3) is 0 Å². The summed E-state index contributed by atoms with van der Waals surface area (Å²) in [7, 11) is 0. The second-order valence-electron chi connectivity index (χ2n) is 2.22. The van der Waals surface area contributed by atoms with Gasteiger partial charge in [-0.05, 0) is 25.1 Å². The van der Waals surface area contributed by atoms with Gasteiger partial charge in [-0.15, -0.1) is 0 Å². The van der Waals surface area contributed by atoms with Crippen molar-refractivity contribution < 1.29 is 4.74 Å². The second-order valence-corrected chi connectivity index (χ2v) is 2.22. The Kier molecular flexibility index (Phi) is 3.03. The summed E-state index contributed by atoms with van der Waals surface area (Å²) in [6.07, 6.45) is 8.09. The van der Waals surface area contributed by atoms with Gasteiger partial charge in [0.15, 0.2) is 0 Å². The van der Waals surface area contributed by atoms with E-state index < -0.39 is 0 Å². The van der Waals surface area contributed by atoms with Gasteiger partial charge in [0.1, 0.15) is 5.76 Å². The molecule has 2 nitrogen and oxygen atoms in total. The van der Waals surface area contributed by atoms with E-state index in [9.17, 15) is 0 Å². The van der Waals surface area contributed by atoms with E-state index in [0.29, 0.717) is 6.54 Å². The van der Waals surface area contributed by atoms with Crippen molar-refractivity contribution in [2.75, 3.05) is 13.2 Å². The Morgan fingerprint density at radius 2 is 2.60 bits per heavy atom. The van der Waals surface area contributed by atoms with Crippen molar-refractivity contribution in [1.82, 2.24) is 0 Å². The molecule has 1 aliphatic rings. The van der Waals surface area contributed by atoms with Crippen molar-refractivity contribution in [3.63, 3.8) is 0 Å². The van der Waals surface area contributed by atoms with Crippen molar-refractivity contribution in [1.29, 1.82) is 0 Å². The molecule has 1 heterocycles. The molecule has 0 aliphatic carbocycles. The summed E-state index contributed by atoms with van der Waals surface area (Å²) in [6.45, 7) is 1.55. The molecule has 2 heteroatoms. The Balaban J connectivity index is 2.23. The van der Waals surface area contributed by atoms with E-state index >= 15 is 0 Å². The van der Waals surface area contributed by atoms with Crippen LogP contribution in [0, 0.1) is 0 Å². The fourth-order valence-corrected chi connectivity index (χ4v) is 0.849. The van der Waals surface area contributed by atoms with Gasteiger partial charge in [-0.3, -0.25) is 0 Å². The summed E-state index contributed by atoms with van der Waals surface area (Å²) in [5.41, 5.74) is 5.30. The number of allylic oxidation sites excluding steroid dienone is 1. The van der Waals surface area contributed by atoms with Gasteiger partial charge >= 0.3 is 0 Å². The molecular weight excluding hydrogens is 126 g/mol. The molecule has 0 saturated carbocycles. The minimum atomic E-state index is 0.712. The van der Waals surface area contributed by atoms with Crippen molar-refractivity contribution in [2.24, 2.45) is 5.73 Å². The lowest BCUT2D eigenvalue weighted by atomic mass is 10.3. The van der Waals surface area contributed by atoms with E-state index in [1.54, 1.807) is 0 Å². The van der Waals surface area contributed by atoms with Crippen LogP contribution in [0.3, 0.4) is 0 Å². The fraction of sp³-hybridized carbons (Fsp3) is 0.500. The Bertz CT molecular complexity index is 149. The fourth-order valence-electron chi connectivity index (χ4n) is 0.849. The van der Waals surface area contributed by atoms with Crippen molar-refractivity contribution in [3.8, 4) is 0 Å². The average Bonchev–Trinajstić information content (AvgIpc) is 2.41. The highest BCUT2D eigenvalue weighted by Crippen LogP contribution is 2.09. The summed E-state index contributed by atoms with van der Waals surface area (Å²) in [6, 6.07) is 0. The normalized spacial score (nSPS) is 17.5. The minimum Gasteiger partial charge on any atom is -0.494 e. The molecule has 1 aliphatic heterocycles. The van der Waals surface area contributed by atoms with Crippen LogP contribution in [0.5, 0.6) is 0 Å². The van der Waals surface area contributed by atoms with Crippen molar-refractivity contribution >= 4 is 0 Å². The molecule has 0 unspecified atom stereocenters. The summed E-state index contributed by atoms with van der Waals surface area (Å²) >= 11 is 0. The van der Waals surface area contributed by atoms with Gasteiger partial charge in [-0.2, -0.15) is 0 Å². The van der Waals surface area contributed by atoms with Gasteiger partial charge in [-0.25, -0.2) is 0 Å². The third-order valence-electron chi connectivity index (χ3n) is 1.35. The molecule has 0 bridgehead atoms. The predicted molar refractivity (Wildman–Crippen MR) is 41.5 cm³/mol. The molecule has 0 radical (unpaired) electrons. The number of hydrogen-bond donors (Lipinski definition) is 1. The van der Waals surface area contributed by atoms with Gasteiger partial charge in [0.25, 0.3) is 0 Å². The van der Waals surface area contributed by atoms with Crippen LogP contribution in [0.1, 0.15) is 12.8 Å². The maximum atomic E-state index is 5.30. The zero-order valence-corrected chi connectivity index (χ0v) is 6.05. The Labute approximate surface area is 61.4 Å². The molecule has 0 spiro atoms. The molecule has 0 aromatic rings. The molecule has 0 aromatic heterocycles. The van der Waals surface area contributed by atoms with Crippen LogP contribution in [-0.2, 0) is 4.74 Å². The first-order valence-corrected chi connectivity index (χ1v) is 3.63. The van der Waals surface area contributed by atoms with Gasteiger partial charge in [0, 0.05) is 6.42 Å². The first-order valence-electron chi connectivity index (χ1n) is 3.63. The van der Waals surface area contributed by atoms with Crippen LogP contribution in [0.4, 0.5) is 0 Å². The number of hydrogen-bond acceptors (Lipinski definition) is 2. The predicted octanol–water partition coefficient (Wildman–Crippen LogP) is 1.20. The number of rotatable bonds is 3. The summed E-state index contributed by atoms with van der Waals surface area (Å²) < 4.78 is 5.23. The molecule has 0 atom stereocenters. The maximum absolute atomic E-state index is 5.30. The Morgan fingerprint density at radius 3 is 3.20 bits per heavy atom. The largest absolute Gasteiger partial charge is 0.494 e. The summed E-state index contributed by atoms with van der Waals surface area (Å²) in [4.78, 5) is 0. The van der Waals surface area contributed by atoms with Crippen LogP contribution < -0.4 is 5.73 Å². The molecule has 0 fully saturated rings. The monoisotopic (exact) mass is 139 g/mol. The SMILES string of the molecule is NCC/C=C/C1=CCCO1. The van der Waals surface area contributed by atoms with E-state index in [1.807, 2.05) is 12.2 Å². The smallest absolute Gasteiger partial charge is 0.115 e. The standard InChI is InChI=1S/C8H13NO/c9-6-2-1-4-8-5-3-7-10-8/h1,4-5H,2-3,6-7,9H2/b4-1+. The molecule has 0 saturated heterocycles. The van der Waals surface area contributed by atoms with Crippen LogP contribution in [0.15, 0.2) is 24.0 Å².